The molecule has 0 atom stereocenters. The zero-order chi connectivity index (χ0) is 15.9. The first kappa shape index (κ1) is 17.6. The molecule has 1 rings (SSSR count). The van der Waals surface area contributed by atoms with E-state index >= 15 is 0 Å². The van der Waals surface area contributed by atoms with E-state index in [1.807, 2.05) is 13.0 Å². The number of amides is 1. The standard InChI is InChI=1S/C17H27FN2O/c1-4-20(13-14-6-5-7-15(18)12-14)16(21)8-9-17(2,3)10-11-19/h5-7,12H,4,8-11,13,19H2,1-3H3. The highest BCUT2D eigenvalue weighted by atomic mass is 19.1. The summed E-state index contributed by atoms with van der Waals surface area (Å²) in [6.45, 7) is 7.95. The van der Waals surface area contributed by atoms with Gasteiger partial charge in [-0.05, 0) is 49.4 Å². The fraction of sp³-hybridized carbons (Fsp3) is 0.588. The Hall–Kier alpha value is -1.42. The average molecular weight is 294 g/mol. The predicted molar refractivity (Wildman–Crippen MR) is 84.2 cm³/mol. The van der Waals surface area contributed by atoms with E-state index in [0.29, 0.717) is 26.1 Å². The molecule has 0 radical (unpaired) electrons. The Morgan fingerprint density at radius 2 is 2.05 bits per heavy atom. The van der Waals surface area contributed by atoms with Gasteiger partial charge in [-0.1, -0.05) is 26.0 Å². The van der Waals surface area contributed by atoms with Crippen molar-refractivity contribution in [1.82, 2.24) is 4.90 Å². The Bertz CT molecular complexity index is 460. The molecule has 0 aliphatic carbocycles. The van der Waals surface area contributed by atoms with Crippen molar-refractivity contribution in [3.05, 3.63) is 35.6 Å². The fourth-order valence-electron chi connectivity index (χ4n) is 2.35. The lowest BCUT2D eigenvalue weighted by Crippen LogP contribution is -2.31. The molecule has 0 aliphatic rings. The van der Waals surface area contributed by atoms with Gasteiger partial charge in [0.25, 0.3) is 0 Å². The molecule has 4 heteroatoms. The monoisotopic (exact) mass is 294 g/mol. The van der Waals surface area contributed by atoms with E-state index in [0.717, 1.165) is 18.4 Å². The second-order valence-electron chi connectivity index (χ2n) is 6.24. The van der Waals surface area contributed by atoms with E-state index < -0.39 is 0 Å². The molecule has 0 unspecified atom stereocenters. The summed E-state index contributed by atoms with van der Waals surface area (Å²) < 4.78 is 13.2. The van der Waals surface area contributed by atoms with E-state index in [4.69, 9.17) is 5.73 Å². The van der Waals surface area contributed by atoms with Crippen LogP contribution in [0.15, 0.2) is 24.3 Å². The minimum absolute atomic E-state index is 0.0860. The third-order valence-corrected chi connectivity index (χ3v) is 3.83. The largest absolute Gasteiger partial charge is 0.339 e. The van der Waals surface area contributed by atoms with E-state index in [2.05, 4.69) is 13.8 Å². The summed E-state index contributed by atoms with van der Waals surface area (Å²) in [6.07, 6.45) is 2.25. The molecule has 1 amide bonds. The molecule has 118 valence electrons. The fourth-order valence-corrected chi connectivity index (χ4v) is 2.35. The lowest BCUT2D eigenvalue weighted by molar-refractivity contribution is -0.132. The molecule has 0 saturated carbocycles. The Morgan fingerprint density at radius 3 is 2.62 bits per heavy atom. The first-order valence-corrected chi connectivity index (χ1v) is 7.60. The van der Waals surface area contributed by atoms with Crippen LogP contribution in [0.3, 0.4) is 0 Å². The number of hydrogen-bond donors (Lipinski definition) is 1. The van der Waals surface area contributed by atoms with Gasteiger partial charge < -0.3 is 10.6 Å². The molecule has 0 fully saturated rings. The predicted octanol–water partition coefficient (Wildman–Crippen LogP) is 3.33. The van der Waals surface area contributed by atoms with Crippen LogP contribution in [0.4, 0.5) is 4.39 Å². The van der Waals surface area contributed by atoms with Crippen molar-refractivity contribution in [2.45, 2.75) is 46.6 Å². The maximum absolute atomic E-state index is 13.2. The highest BCUT2D eigenvalue weighted by molar-refractivity contribution is 5.76. The first-order chi connectivity index (χ1) is 9.88. The van der Waals surface area contributed by atoms with Crippen LogP contribution in [-0.4, -0.2) is 23.9 Å². The van der Waals surface area contributed by atoms with Gasteiger partial charge in [-0.3, -0.25) is 4.79 Å². The number of hydrogen-bond acceptors (Lipinski definition) is 2. The third kappa shape index (κ3) is 6.25. The van der Waals surface area contributed by atoms with Crippen molar-refractivity contribution in [2.24, 2.45) is 11.1 Å². The second kappa shape index (κ2) is 8.13. The molecule has 0 spiro atoms. The van der Waals surface area contributed by atoms with Crippen molar-refractivity contribution in [3.8, 4) is 0 Å². The minimum Gasteiger partial charge on any atom is -0.339 e. The molecule has 0 saturated heterocycles. The maximum Gasteiger partial charge on any atom is 0.222 e. The summed E-state index contributed by atoms with van der Waals surface area (Å²) in [5.41, 5.74) is 6.50. The Labute approximate surface area is 127 Å². The van der Waals surface area contributed by atoms with Gasteiger partial charge in [0.1, 0.15) is 5.82 Å². The molecule has 1 aromatic carbocycles. The lowest BCUT2D eigenvalue weighted by Gasteiger charge is -2.26. The smallest absolute Gasteiger partial charge is 0.222 e. The Morgan fingerprint density at radius 1 is 1.33 bits per heavy atom. The number of carbonyl (C=O) groups is 1. The van der Waals surface area contributed by atoms with E-state index in [1.54, 1.807) is 11.0 Å². The molecule has 0 bridgehead atoms. The molecule has 21 heavy (non-hydrogen) atoms. The van der Waals surface area contributed by atoms with Crippen LogP contribution in [0.2, 0.25) is 0 Å². The molecular formula is C17H27FN2O. The highest BCUT2D eigenvalue weighted by Gasteiger charge is 2.20. The average Bonchev–Trinajstić information content (AvgIpc) is 2.42. The van der Waals surface area contributed by atoms with Crippen LogP contribution in [0.1, 0.15) is 45.6 Å². The second-order valence-corrected chi connectivity index (χ2v) is 6.24. The molecular weight excluding hydrogens is 267 g/mol. The number of nitrogens with two attached hydrogens (primary N) is 1. The molecule has 0 aromatic heterocycles. The van der Waals surface area contributed by atoms with Crippen molar-refractivity contribution < 1.29 is 9.18 Å². The number of halogens is 1. The van der Waals surface area contributed by atoms with Gasteiger partial charge in [0.15, 0.2) is 0 Å². The van der Waals surface area contributed by atoms with Crippen LogP contribution < -0.4 is 5.73 Å². The summed E-state index contributed by atoms with van der Waals surface area (Å²) in [4.78, 5) is 14.1. The number of carbonyl (C=O) groups excluding carboxylic acids is 1. The summed E-state index contributed by atoms with van der Waals surface area (Å²) >= 11 is 0. The number of nitrogens with zero attached hydrogens (tertiary/aromatic N) is 1. The highest BCUT2D eigenvalue weighted by Crippen LogP contribution is 2.26. The summed E-state index contributed by atoms with van der Waals surface area (Å²) in [6, 6.07) is 6.41. The van der Waals surface area contributed by atoms with Crippen LogP contribution in [0.25, 0.3) is 0 Å². The van der Waals surface area contributed by atoms with Crippen molar-refractivity contribution in [2.75, 3.05) is 13.1 Å². The molecule has 2 N–H and O–H groups in total. The van der Waals surface area contributed by atoms with Crippen LogP contribution >= 0.6 is 0 Å². The van der Waals surface area contributed by atoms with Gasteiger partial charge in [0.05, 0.1) is 0 Å². The van der Waals surface area contributed by atoms with Crippen molar-refractivity contribution >= 4 is 5.91 Å². The van der Waals surface area contributed by atoms with E-state index in [-0.39, 0.29) is 17.1 Å². The van der Waals surface area contributed by atoms with Gasteiger partial charge in [-0.15, -0.1) is 0 Å². The Kier molecular flexibility index (Phi) is 6.82. The molecule has 0 aliphatic heterocycles. The summed E-state index contributed by atoms with van der Waals surface area (Å²) in [5, 5.41) is 0. The zero-order valence-corrected chi connectivity index (χ0v) is 13.4. The summed E-state index contributed by atoms with van der Waals surface area (Å²) in [5.74, 6) is -0.146. The maximum atomic E-state index is 13.2. The minimum atomic E-state index is -0.264. The number of benzene rings is 1. The molecule has 1 aromatic rings. The SMILES string of the molecule is CCN(Cc1cccc(F)c1)C(=O)CCC(C)(C)CCN. The Balaban J connectivity index is 2.57. The molecule has 3 nitrogen and oxygen atoms in total. The van der Waals surface area contributed by atoms with E-state index in [1.165, 1.54) is 12.1 Å². The number of rotatable bonds is 8. The van der Waals surface area contributed by atoms with Crippen LogP contribution in [0.5, 0.6) is 0 Å². The van der Waals surface area contributed by atoms with Gasteiger partial charge in [-0.2, -0.15) is 0 Å². The summed E-state index contributed by atoms with van der Waals surface area (Å²) in [7, 11) is 0. The lowest BCUT2D eigenvalue weighted by atomic mass is 9.84. The first-order valence-electron chi connectivity index (χ1n) is 7.60. The van der Waals surface area contributed by atoms with Crippen molar-refractivity contribution in [1.29, 1.82) is 0 Å². The van der Waals surface area contributed by atoms with Crippen LogP contribution in [-0.2, 0) is 11.3 Å². The van der Waals surface area contributed by atoms with Crippen LogP contribution in [0, 0.1) is 11.2 Å². The van der Waals surface area contributed by atoms with E-state index in [9.17, 15) is 9.18 Å². The quantitative estimate of drug-likeness (QED) is 0.799. The van der Waals surface area contributed by atoms with Gasteiger partial charge in [-0.25, -0.2) is 4.39 Å². The van der Waals surface area contributed by atoms with Gasteiger partial charge in [0.2, 0.25) is 5.91 Å². The van der Waals surface area contributed by atoms with Gasteiger partial charge in [0, 0.05) is 19.5 Å². The topological polar surface area (TPSA) is 46.3 Å². The van der Waals surface area contributed by atoms with Gasteiger partial charge >= 0.3 is 0 Å². The normalized spacial score (nSPS) is 11.5. The zero-order valence-electron chi connectivity index (χ0n) is 13.4. The third-order valence-electron chi connectivity index (χ3n) is 3.83. The molecule has 0 heterocycles. The van der Waals surface area contributed by atoms with Crippen molar-refractivity contribution in [3.63, 3.8) is 0 Å².